The SMILES string of the molecule is Cc1ccc(F)cc1NCC(=O)NCc1ccccc1. The summed E-state index contributed by atoms with van der Waals surface area (Å²) in [5, 5.41) is 5.75. The van der Waals surface area contributed by atoms with E-state index in [2.05, 4.69) is 10.6 Å². The number of anilines is 1. The first-order valence-electron chi connectivity index (χ1n) is 6.46. The third-order valence-corrected chi connectivity index (χ3v) is 2.97. The maximum atomic E-state index is 13.1. The van der Waals surface area contributed by atoms with E-state index in [9.17, 15) is 9.18 Å². The highest BCUT2D eigenvalue weighted by Crippen LogP contribution is 2.15. The van der Waals surface area contributed by atoms with Gasteiger partial charge in [0.05, 0.1) is 6.54 Å². The second-order valence-corrected chi connectivity index (χ2v) is 4.58. The molecule has 0 fully saturated rings. The molecule has 0 aliphatic carbocycles. The van der Waals surface area contributed by atoms with Crippen molar-refractivity contribution in [2.45, 2.75) is 13.5 Å². The van der Waals surface area contributed by atoms with Gasteiger partial charge in [-0.2, -0.15) is 0 Å². The highest BCUT2D eigenvalue weighted by Gasteiger charge is 2.04. The van der Waals surface area contributed by atoms with Crippen LogP contribution in [0.15, 0.2) is 48.5 Å². The number of amides is 1. The van der Waals surface area contributed by atoms with Gasteiger partial charge < -0.3 is 10.6 Å². The molecular formula is C16H17FN2O. The van der Waals surface area contributed by atoms with Crippen LogP contribution in [-0.2, 0) is 11.3 Å². The summed E-state index contributed by atoms with van der Waals surface area (Å²) in [6, 6.07) is 14.1. The van der Waals surface area contributed by atoms with Gasteiger partial charge in [-0.3, -0.25) is 4.79 Å². The highest BCUT2D eigenvalue weighted by atomic mass is 19.1. The Kier molecular flexibility index (Phi) is 4.71. The van der Waals surface area contributed by atoms with E-state index in [1.54, 1.807) is 6.07 Å². The van der Waals surface area contributed by atoms with Crippen molar-refractivity contribution in [1.82, 2.24) is 5.32 Å². The van der Waals surface area contributed by atoms with E-state index in [4.69, 9.17) is 0 Å². The first-order valence-corrected chi connectivity index (χ1v) is 6.46. The molecule has 2 N–H and O–H groups in total. The van der Waals surface area contributed by atoms with E-state index in [0.29, 0.717) is 12.2 Å². The molecule has 2 rings (SSSR count). The fourth-order valence-corrected chi connectivity index (χ4v) is 1.82. The number of nitrogens with one attached hydrogen (secondary N) is 2. The minimum Gasteiger partial charge on any atom is -0.376 e. The van der Waals surface area contributed by atoms with E-state index in [1.807, 2.05) is 37.3 Å². The van der Waals surface area contributed by atoms with E-state index >= 15 is 0 Å². The average molecular weight is 272 g/mol. The minimum atomic E-state index is -0.317. The Hall–Kier alpha value is -2.36. The number of carbonyl (C=O) groups excluding carboxylic acids is 1. The third-order valence-electron chi connectivity index (χ3n) is 2.97. The number of aryl methyl sites for hydroxylation is 1. The van der Waals surface area contributed by atoms with Gasteiger partial charge >= 0.3 is 0 Å². The molecule has 0 aliphatic heterocycles. The molecule has 4 heteroatoms. The Balaban J connectivity index is 1.82. The zero-order valence-electron chi connectivity index (χ0n) is 11.3. The molecule has 0 spiro atoms. The smallest absolute Gasteiger partial charge is 0.239 e. The Bertz CT molecular complexity index is 584. The lowest BCUT2D eigenvalue weighted by Crippen LogP contribution is -2.29. The third kappa shape index (κ3) is 4.09. The summed E-state index contributed by atoms with van der Waals surface area (Å²) in [6.07, 6.45) is 0. The number of benzene rings is 2. The second kappa shape index (κ2) is 6.70. The maximum absolute atomic E-state index is 13.1. The first kappa shape index (κ1) is 14.1. The van der Waals surface area contributed by atoms with Crippen LogP contribution in [0.4, 0.5) is 10.1 Å². The van der Waals surface area contributed by atoms with Crippen molar-refractivity contribution in [1.29, 1.82) is 0 Å². The van der Waals surface area contributed by atoms with Crippen molar-refractivity contribution in [3.63, 3.8) is 0 Å². The maximum Gasteiger partial charge on any atom is 0.239 e. The Morgan fingerprint density at radius 2 is 1.90 bits per heavy atom. The summed E-state index contributed by atoms with van der Waals surface area (Å²) in [5.41, 5.74) is 2.59. The van der Waals surface area contributed by atoms with Gasteiger partial charge in [0.2, 0.25) is 5.91 Å². The fraction of sp³-hybridized carbons (Fsp3) is 0.188. The molecule has 0 bridgehead atoms. The van der Waals surface area contributed by atoms with E-state index in [1.165, 1.54) is 12.1 Å². The lowest BCUT2D eigenvalue weighted by atomic mass is 10.2. The summed E-state index contributed by atoms with van der Waals surface area (Å²) in [4.78, 5) is 11.7. The van der Waals surface area contributed by atoms with Gasteiger partial charge in [0, 0.05) is 12.2 Å². The molecule has 3 nitrogen and oxygen atoms in total. The molecule has 1 amide bonds. The van der Waals surface area contributed by atoms with E-state index in [-0.39, 0.29) is 18.3 Å². The van der Waals surface area contributed by atoms with Crippen molar-refractivity contribution >= 4 is 11.6 Å². The second-order valence-electron chi connectivity index (χ2n) is 4.58. The predicted molar refractivity (Wildman–Crippen MR) is 77.9 cm³/mol. The van der Waals surface area contributed by atoms with Gasteiger partial charge in [-0.25, -0.2) is 4.39 Å². The molecule has 0 saturated carbocycles. The number of rotatable bonds is 5. The van der Waals surface area contributed by atoms with Crippen LogP contribution in [0.2, 0.25) is 0 Å². The van der Waals surface area contributed by atoms with Crippen LogP contribution in [0.25, 0.3) is 0 Å². The van der Waals surface area contributed by atoms with Crippen LogP contribution >= 0.6 is 0 Å². The van der Waals surface area contributed by atoms with E-state index < -0.39 is 0 Å². The van der Waals surface area contributed by atoms with Crippen LogP contribution in [0.1, 0.15) is 11.1 Å². The van der Waals surface area contributed by atoms with Gasteiger partial charge in [0.15, 0.2) is 0 Å². The molecule has 0 atom stereocenters. The predicted octanol–water partition coefficient (Wildman–Crippen LogP) is 2.86. The molecular weight excluding hydrogens is 255 g/mol. The Labute approximate surface area is 117 Å². The standard InChI is InChI=1S/C16H17FN2O/c1-12-7-8-14(17)9-15(12)18-11-16(20)19-10-13-5-3-2-4-6-13/h2-9,18H,10-11H2,1H3,(H,19,20). The first-order chi connectivity index (χ1) is 9.65. The molecule has 2 aromatic rings. The van der Waals surface area contributed by atoms with Gasteiger partial charge in [0.1, 0.15) is 5.82 Å². The van der Waals surface area contributed by atoms with Crippen LogP contribution in [0.3, 0.4) is 0 Å². The van der Waals surface area contributed by atoms with Gasteiger partial charge in [-0.15, -0.1) is 0 Å². The monoisotopic (exact) mass is 272 g/mol. The lowest BCUT2D eigenvalue weighted by molar-refractivity contribution is -0.119. The zero-order valence-corrected chi connectivity index (χ0v) is 11.3. The minimum absolute atomic E-state index is 0.122. The molecule has 0 saturated heterocycles. The summed E-state index contributed by atoms with van der Waals surface area (Å²) < 4.78 is 13.1. The number of carbonyl (C=O) groups is 1. The van der Waals surface area contributed by atoms with Crippen LogP contribution < -0.4 is 10.6 Å². The van der Waals surface area contributed by atoms with Gasteiger partial charge in [-0.05, 0) is 30.2 Å². The summed E-state index contributed by atoms with van der Waals surface area (Å²) in [6.45, 7) is 2.48. The summed E-state index contributed by atoms with van der Waals surface area (Å²) >= 11 is 0. The van der Waals surface area contributed by atoms with Crippen molar-refractivity contribution in [3.05, 3.63) is 65.5 Å². The van der Waals surface area contributed by atoms with Crippen molar-refractivity contribution < 1.29 is 9.18 Å². The Morgan fingerprint density at radius 1 is 1.15 bits per heavy atom. The molecule has 104 valence electrons. The normalized spacial score (nSPS) is 10.1. The summed E-state index contributed by atoms with van der Waals surface area (Å²) in [5.74, 6) is -0.444. The molecule has 0 heterocycles. The van der Waals surface area contributed by atoms with Crippen molar-refractivity contribution in [2.24, 2.45) is 0 Å². The largest absolute Gasteiger partial charge is 0.376 e. The summed E-state index contributed by atoms with van der Waals surface area (Å²) in [7, 11) is 0. The lowest BCUT2D eigenvalue weighted by Gasteiger charge is -2.10. The van der Waals surface area contributed by atoms with Crippen molar-refractivity contribution in [2.75, 3.05) is 11.9 Å². The molecule has 0 aromatic heterocycles. The average Bonchev–Trinajstić information content (AvgIpc) is 2.47. The Morgan fingerprint density at radius 3 is 2.65 bits per heavy atom. The number of hydrogen-bond acceptors (Lipinski definition) is 2. The molecule has 0 radical (unpaired) electrons. The highest BCUT2D eigenvalue weighted by molar-refractivity contribution is 5.80. The van der Waals surface area contributed by atoms with Crippen LogP contribution in [-0.4, -0.2) is 12.5 Å². The van der Waals surface area contributed by atoms with E-state index in [0.717, 1.165) is 11.1 Å². The molecule has 0 unspecified atom stereocenters. The van der Waals surface area contributed by atoms with Gasteiger partial charge in [-0.1, -0.05) is 36.4 Å². The number of halogens is 1. The molecule has 20 heavy (non-hydrogen) atoms. The number of hydrogen-bond donors (Lipinski definition) is 2. The zero-order chi connectivity index (χ0) is 14.4. The topological polar surface area (TPSA) is 41.1 Å². The quantitative estimate of drug-likeness (QED) is 0.878. The molecule has 2 aromatic carbocycles. The fourth-order valence-electron chi connectivity index (χ4n) is 1.82. The van der Waals surface area contributed by atoms with Gasteiger partial charge in [0.25, 0.3) is 0 Å². The van der Waals surface area contributed by atoms with Crippen molar-refractivity contribution in [3.8, 4) is 0 Å². The molecule has 0 aliphatic rings. The van der Waals surface area contributed by atoms with Crippen LogP contribution in [0.5, 0.6) is 0 Å². The van der Waals surface area contributed by atoms with Crippen LogP contribution in [0, 0.1) is 12.7 Å².